The van der Waals surface area contributed by atoms with E-state index in [9.17, 15) is 0 Å². The highest BCUT2D eigenvalue weighted by Crippen LogP contribution is 2.37. The van der Waals surface area contributed by atoms with Crippen molar-refractivity contribution in [2.24, 2.45) is 0 Å². The third kappa shape index (κ3) is 2.25. The van der Waals surface area contributed by atoms with Gasteiger partial charge in [-0.3, -0.25) is 4.98 Å². The number of aromatic nitrogens is 1. The fourth-order valence-corrected chi connectivity index (χ4v) is 3.49. The Morgan fingerprint density at radius 2 is 1.82 bits per heavy atom. The summed E-state index contributed by atoms with van der Waals surface area (Å²) >= 11 is 0. The molecule has 0 fully saturated rings. The number of rotatable bonds is 4. The second-order valence-electron chi connectivity index (χ2n) is 6.18. The lowest BCUT2D eigenvalue weighted by Gasteiger charge is -2.22. The van der Waals surface area contributed by atoms with Gasteiger partial charge in [0.05, 0.1) is 0 Å². The van der Waals surface area contributed by atoms with Crippen LogP contribution in [0.2, 0.25) is 0 Å². The van der Waals surface area contributed by atoms with E-state index in [0.29, 0.717) is 5.92 Å². The smallest absolute Gasteiger partial charge is 0.0452 e. The molecule has 22 heavy (non-hydrogen) atoms. The molecule has 0 amide bonds. The molecule has 4 rings (SSSR count). The highest BCUT2D eigenvalue weighted by molar-refractivity contribution is 5.99. The van der Waals surface area contributed by atoms with E-state index in [1.807, 2.05) is 12.4 Å². The van der Waals surface area contributed by atoms with Crippen molar-refractivity contribution in [1.82, 2.24) is 4.98 Å². The summed E-state index contributed by atoms with van der Waals surface area (Å²) < 4.78 is 0. The molecule has 1 aromatic heterocycles. The molecule has 1 aliphatic rings. The van der Waals surface area contributed by atoms with Gasteiger partial charge in [-0.2, -0.15) is 0 Å². The van der Waals surface area contributed by atoms with E-state index in [4.69, 9.17) is 0 Å². The van der Waals surface area contributed by atoms with Gasteiger partial charge in [-0.05, 0) is 47.1 Å². The van der Waals surface area contributed by atoms with Gasteiger partial charge in [-0.15, -0.1) is 0 Å². The molecular formula is C20H20N2. The average molecular weight is 288 g/mol. The fourth-order valence-electron chi connectivity index (χ4n) is 3.49. The summed E-state index contributed by atoms with van der Waals surface area (Å²) in [5, 5.41) is 2.81. The lowest BCUT2D eigenvalue weighted by Crippen LogP contribution is -2.21. The molecule has 1 aliphatic heterocycles. The Labute approximate surface area is 131 Å². The van der Waals surface area contributed by atoms with Gasteiger partial charge in [-0.25, -0.2) is 0 Å². The van der Waals surface area contributed by atoms with E-state index in [1.54, 1.807) is 0 Å². The van der Waals surface area contributed by atoms with E-state index >= 15 is 0 Å². The lowest BCUT2D eigenvalue weighted by molar-refractivity contribution is 0.651. The molecule has 2 nitrogen and oxygen atoms in total. The number of hydrogen-bond donors (Lipinski definition) is 0. The molecule has 1 atom stereocenters. The molecule has 0 aliphatic carbocycles. The fraction of sp³-hybridized carbons (Fsp3) is 0.250. The first-order valence-corrected chi connectivity index (χ1v) is 7.98. The Hall–Kier alpha value is -2.35. The maximum atomic E-state index is 4.11. The van der Waals surface area contributed by atoms with Crippen molar-refractivity contribution in [3.05, 3.63) is 72.1 Å². The van der Waals surface area contributed by atoms with Crippen molar-refractivity contribution in [1.29, 1.82) is 0 Å². The number of anilines is 1. The molecule has 1 unspecified atom stereocenters. The van der Waals surface area contributed by atoms with Gasteiger partial charge >= 0.3 is 0 Å². The zero-order chi connectivity index (χ0) is 14.9. The van der Waals surface area contributed by atoms with Crippen LogP contribution in [0.3, 0.4) is 0 Å². The van der Waals surface area contributed by atoms with E-state index < -0.39 is 0 Å². The van der Waals surface area contributed by atoms with Crippen LogP contribution in [0, 0.1) is 0 Å². The van der Waals surface area contributed by atoms with Gasteiger partial charge in [0.1, 0.15) is 0 Å². The van der Waals surface area contributed by atoms with Crippen LogP contribution in [-0.4, -0.2) is 11.5 Å². The Bertz CT molecular complexity index is 790. The lowest BCUT2D eigenvalue weighted by atomic mass is 9.99. The van der Waals surface area contributed by atoms with Crippen LogP contribution in [-0.2, 0) is 6.54 Å². The summed E-state index contributed by atoms with van der Waals surface area (Å²) in [4.78, 5) is 6.63. The predicted molar refractivity (Wildman–Crippen MR) is 92.3 cm³/mol. The molecule has 0 saturated heterocycles. The van der Waals surface area contributed by atoms with Crippen molar-refractivity contribution in [2.75, 3.05) is 11.4 Å². The first-order valence-electron chi connectivity index (χ1n) is 7.98. The van der Waals surface area contributed by atoms with Gasteiger partial charge in [0.15, 0.2) is 0 Å². The third-order valence-electron chi connectivity index (χ3n) is 4.78. The molecule has 0 spiro atoms. The minimum Gasteiger partial charge on any atom is -0.367 e. The van der Waals surface area contributed by atoms with Crippen LogP contribution in [0.5, 0.6) is 0 Å². The highest BCUT2D eigenvalue weighted by Gasteiger charge is 2.21. The van der Waals surface area contributed by atoms with E-state index in [2.05, 4.69) is 65.3 Å². The predicted octanol–water partition coefficient (Wildman–Crippen LogP) is 4.75. The summed E-state index contributed by atoms with van der Waals surface area (Å²) in [5.41, 5.74) is 4.24. The molecule has 110 valence electrons. The zero-order valence-corrected chi connectivity index (χ0v) is 12.9. The van der Waals surface area contributed by atoms with Gasteiger partial charge in [0, 0.05) is 36.6 Å². The molecule has 0 saturated carbocycles. The quantitative estimate of drug-likeness (QED) is 0.689. The SMILES string of the molecule is CC(CCN1Cc2cccc3cccc1c23)c1ccncc1. The van der Waals surface area contributed by atoms with Crippen LogP contribution < -0.4 is 4.90 Å². The molecule has 0 N–H and O–H groups in total. The molecule has 2 heterocycles. The molecule has 0 radical (unpaired) electrons. The van der Waals surface area contributed by atoms with E-state index in [1.165, 1.54) is 27.6 Å². The normalized spacial score (nSPS) is 14.5. The summed E-state index contributed by atoms with van der Waals surface area (Å²) in [6, 6.07) is 17.6. The largest absolute Gasteiger partial charge is 0.367 e. The summed E-state index contributed by atoms with van der Waals surface area (Å²) in [6.07, 6.45) is 4.94. The summed E-state index contributed by atoms with van der Waals surface area (Å²) in [7, 11) is 0. The molecule has 0 bridgehead atoms. The van der Waals surface area contributed by atoms with Gasteiger partial charge in [0.2, 0.25) is 0 Å². The molecular weight excluding hydrogens is 268 g/mol. The second kappa shape index (κ2) is 5.45. The monoisotopic (exact) mass is 288 g/mol. The summed E-state index contributed by atoms with van der Waals surface area (Å²) in [6.45, 7) is 4.44. The highest BCUT2D eigenvalue weighted by atomic mass is 15.1. The number of hydrogen-bond acceptors (Lipinski definition) is 2. The minimum atomic E-state index is 0.561. The topological polar surface area (TPSA) is 16.1 Å². The Balaban J connectivity index is 1.53. The van der Waals surface area contributed by atoms with Crippen LogP contribution in [0.4, 0.5) is 5.69 Å². The van der Waals surface area contributed by atoms with Crippen molar-refractivity contribution in [2.45, 2.75) is 25.8 Å². The number of nitrogens with zero attached hydrogens (tertiary/aromatic N) is 2. The zero-order valence-electron chi connectivity index (χ0n) is 12.9. The van der Waals surface area contributed by atoms with Crippen LogP contribution in [0.15, 0.2) is 60.9 Å². The Morgan fingerprint density at radius 3 is 2.64 bits per heavy atom. The second-order valence-corrected chi connectivity index (χ2v) is 6.18. The third-order valence-corrected chi connectivity index (χ3v) is 4.78. The van der Waals surface area contributed by atoms with Crippen LogP contribution >= 0.6 is 0 Å². The van der Waals surface area contributed by atoms with Crippen molar-refractivity contribution in [3.63, 3.8) is 0 Å². The molecule has 2 heteroatoms. The van der Waals surface area contributed by atoms with Crippen LogP contribution in [0.1, 0.15) is 30.4 Å². The van der Waals surface area contributed by atoms with E-state index in [0.717, 1.165) is 19.5 Å². The maximum absolute atomic E-state index is 4.11. The standard InChI is InChI=1S/C20H20N2/c1-15(16-8-11-21-12-9-16)10-13-22-14-18-6-2-4-17-5-3-7-19(22)20(17)18/h2-9,11-12,15H,10,13-14H2,1H3. The maximum Gasteiger partial charge on any atom is 0.0452 e. The van der Waals surface area contributed by atoms with Crippen molar-refractivity contribution >= 4 is 16.5 Å². The summed E-state index contributed by atoms with van der Waals surface area (Å²) in [5.74, 6) is 0.561. The van der Waals surface area contributed by atoms with Gasteiger partial charge < -0.3 is 4.90 Å². The Morgan fingerprint density at radius 1 is 1.05 bits per heavy atom. The first kappa shape index (κ1) is 13.3. The van der Waals surface area contributed by atoms with E-state index in [-0.39, 0.29) is 0 Å². The first-order chi connectivity index (χ1) is 10.8. The van der Waals surface area contributed by atoms with Crippen LogP contribution in [0.25, 0.3) is 10.8 Å². The van der Waals surface area contributed by atoms with Gasteiger partial charge in [0.25, 0.3) is 0 Å². The number of pyridine rings is 1. The molecule has 2 aromatic carbocycles. The van der Waals surface area contributed by atoms with Crippen molar-refractivity contribution < 1.29 is 0 Å². The molecule has 3 aromatic rings. The average Bonchev–Trinajstić information content (AvgIpc) is 2.94. The van der Waals surface area contributed by atoms with Gasteiger partial charge in [-0.1, -0.05) is 37.3 Å². The Kier molecular flexibility index (Phi) is 3.30. The van der Waals surface area contributed by atoms with Crippen molar-refractivity contribution in [3.8, 4) is 0 Å². The number of benzene rings is 2. The minimum absolute atomic E-state index is 0.561.